The van der Waals surface area contributed by atoms with Gasteiger partial charge in [-0.3, -0.25) is 9.59 Å². The third kappa shape index (κ3) is 4.91. The molecule has 0 saturated carbocycles. The minimum Gasteiger partial charge on any atom is -0.367 e. The number of benzene rings is 1. The van der Waals surface area contributed by atoms with Gasteiger partial charge in [0.05, 0.1) is 23.9 Å². The molecule has 1 aliphatic rings. The maximum Gasteiger partial charge on any atom is 0.416 e. The molecule has 4 aromatic rings. The number of rotatable bonds is 3. The van der Waals surface area contributed by atoms with Crippen molar-refractivity contribution >= 4 is 16.9 Å². The van der Waals surface area contributed by atoms with Crippen molar-refractivity contribution in [3.8, 4) is 11.3 Å². The summed E-state index contributed by atoms with van der Waals surface area (Å²) in [6.07, 6.45) is -3.81. The van der Waals surface area contributed by atoms with Gasteiger partial charge in [0.15, 0.2) is 0 Å². The molecule has 39 heavy (non-hydrogen) atoms. The van der Waals surface area contributed by atoms with Crippen LogP contribution in [0.2, 0.25) is 0 Å². The van der Waals surface area contributed by atoms with E-state index in [4.69, 9.17) is 4.74 Å². The van der Waals surface area contributed by atoms with E-state index in [0.29, 0.717) is 18.3 Å². The number of halogens is 4. The van der Waals surface area contributed by atoms with Crippen LogP contribution in [-0.4, -0.2) is 38.3 Å². The summed E-state index contributed by atoms with van der Waals surface area (Å²) in [4.78, 5) is 36.0. The highest BCUT2D eigenvalue weighted by Crippen LogP contribution is 2.35. The Morgan fingerprint density at radius 1 is 1.03 bits per heavy atom. The molecule has 1 saturated heterocycles. The van der Waals surface area contributed by atoms with Gasteiger partial charge in [0.1, 0.15) is 17.4 Å². The number of aryl methyl sites for hydroxylation is 2. The van der Waals surface area contributed by atoms with Crippen molar-refractivity contribution in [3.63, 3.8) is 0 Å². The Labute approximate surface area is 220 Å². The summed E-state index contributed by atoms with van der Waals surface area (Å²) in [5, 5.41) is 0.230. The number of morpholine rings is 1. The molecule has 3 aromatic heterocycles. The molecule has 2 unspecified atom stereocenters. The maximum atomic E-state index is 15.2. The molecular weight excluding hydrogens is 518 g/mol. The summed E-state index contributed by atoms with van der Waals surface area (Å²) in [5.41, 5.74) is -0.608. The average molecular weight is 544 g/mol. The van der Waals surface area contributed by atoms with Crippen LogP contribution in [0.5, 0.6) is 0 Å². The molecule has 0 spiro atoms. The topological polar surface area (TPSA) is 82.2 Å². The van der Waals surface area contributed by atoms with Gasteiger partial charge in [-0.2, -0.15) is 13.2 Å². The molecule has 8 nitrogen and oxygen atoms in total. The van der Waals surface area contributed by atoms with Crippen molar-refractivity contribution in [1.29, 1.82) is 0 Å². The molecule has 12 heteroatoms. The zero-order valence-electron chi connectivity index (χ0n) is 21.6. The molecule has 5 rings (SSSR count). The fraction of sp³-hybridized carbons (Fsp3) is 0.333. The summed E-state index contributed by atoms with van der Waals surface area (Å²) < 4.78 is 63.7. The zero-order chi connectivity index (χ0) is 28.2. The maximum absolute atomic E-state index is 15.2. The lowest BCUT2D eigenvalue weighted by molar-refractivity contribution is -0.137. The van der Waals surface area contributed by atoms with Crippen LogP contribution in [-0.2, 0) is 25.0 Å². The average Bonchev–Trinajstić information content (AvgIpc) is 2.87. The number of aromatic nitrogens is 4. The fourth-order valence-corrected chi connectivity index (χ4v) is 4.72. The zero-order valence-corrected chi connectivity index (χ0v) is 21.6. The lowest BCUT2D eigenvalue weighted by Crippen LogP contribution is -2.44. The number of pyridine rings is 2. The van der Waals surface area contributed by atoms with Crippen LogP contribution in [0.3, 0.4) is 0 Å². The molecule has 0 amide bonds. The largest absolute Gasteiger partial charge is 0.416 e. The van der Waals surface area contributed by atoms with Crippen molar-refractivity contribution in [1.82, 2.24) is 19.1 Å². The first-order chi connectivity index (χ1) is 18.3. The van der Waals surface area contributed by atoms with Gasteiger partial charge in [0.25, 0.3) is 5.56 Å². The Kier molecular flexibility index (Phi) is 6.53. The van der Waals surface area contributed by atoms with Crippen LogP contribution in [0.25, 0.3) is 22.2 Å². The number of fused-ring (bicyclic) bond motifs is 1. The summed E-state index contributed by atoms with van der Waals surface area (Å²) in [6, 6.07) is 6.95. The Morgan fingerprint density at radius 2 is 1.77 bits per heavy atom. The van der Waals surface area contributed by atoms with Gasteiger partial charge in [-0.25, -0.2) is 14.4 Å². The third-order valence-electron chi connectivity index (χ3n) is 6.90. The molecule has 4 heterocycles. The third-order valence-corrected chi connectivity index (χ3v) is 6.90. The SMILES string of the molecule is Cc1cc2c(-c3ccc(C(F)(F)F)cc3F)nc(N3CC(C)OC(c4ccc(=O)n(C)c4)C3)nc2c(=O)n1C. The molecular formula is C27H25F4N5O3. The van der Waals surface area contributed by atoms with E-state index in [1.165, 1.54) is 15.2 Å². The molecule has 0 N–H and O–H groups in total. The predicted molar refractivity (Wildman–Crippen MR) is 137 cm³/mol. The minimum atomic E-state index is -4.72. The van der Waals surface area contributed by atoms with E-state index in [1.807, 2.05) is 6.92 Å². The number of anilines is 1. The molecule has 0 bridgehead atoms. The lowest BCUT2D eigenvalue weighted by atomic mass is 10.0. The van der Waals surface area contributed by atoms with Crippen LogP contribution in [0.1, 0.15) is 29.8 Å². The molecule has 204 valence electrons. The summed E-state index contributed by atoms with van der Waals surface area (Å²) in [5.74, 6) is -1.00. The van der Waals surface area contributed by atoms with E-state index in [1.54, 1.807) is 44.2 Å². The number of nitrogens with zero attached hydrogens (tertiary/aromatic N) is 5. The predicted octanol–water partition coefficient (Wildman–Crippen LogP) is 4.13. The van der Waals surface area contributed by atoms with Gasteiger partial charge in [-0.05, 0) is 49.7 Å². The fourth-order valence-electron chi connectivity index (χ4n) is 4.72. The Bertz CT molecular complexity index is 1710. The molecule has 0 aliphatic carbocycles. The van der Waals surface area contributed by atoms with E-state index in [2.05, 4.69) is 9.97 Å². The first-order valence-corrected chi connectivity index (χ1v) is 12.2. The van der Waals surface area contributed by atoms with Crippen molar-refractivity contribution < 1.29 is 22.3 Å². The normalized spacial score (nSPS) is 18.1. The molecule has 0 radical (unpaired) electrons. The second-order valence-electron chi connectivity index (χ2n) is 9.73. The highest BCUT2D eigenvalue weighted by molar-refractivity contribution is 5.93. The van der Waals surface area contributed by atoms with E-state index in [9.17, 15) is 22.8 Å². The van der Waals surface area contributed by atoms with Gasteiger partial charge < -0.3 is 18.8 Å². The Morgan fingerprint density at radius 3 is 2.44 bits per heavy atom. The van der Waals surface area contributed by atoms with Gasteiger partial charge in [-0.15, -0.1) is 0 Å². The first kappa shape index (κ1) is 26.5. The van der Waals surface area contributed by atoms with Gasteiger partial charge >= 0.3 is 6.18 Å². The molecule has 2 atom stereocenters. The van der Waals surface area contributed by atoms with Gasteiger partial charge in [0.2, 0.25) is 11.5 Å². The van der Waals surface area contributed by atoms with Crippen LogP contribution < -0.4 is 16.0 Å². The second-order valence-corrected chi connectivity index (χ2v) is 9.73. The van der Waals surface area contributed by atoms with Crippen LogP contribution >= 0.6 is 0 Å². The second kappa shape index (κ2) is 9.60. The van der Waals surface area contributed by atoms with Crippen molar-refractivity contribution in [2.75, 3.05) is 18.0 Å². The molecule has 1 aromatic carbocycles. The van der Waals surface area contributed by atoms with Crippen molar-refractivity contribution in [3.05, 3.63) is 85.9 Å². The number of hydrogen-bond acceptors (Lipinski definition) is 6. The Hall–Kier alpha value is -4.06. The smallest absolute Gasteiger partial charge is 0.367 e. The quantitative estimate of drug-likeness (QED) is 0.362. The Balaban J connectivity index is 1.67. The summed E-state index contributed by atoms with van der Waals surface area (Å²) in [7, 11) is 3.20. The van der Waals surface area contributed by atoms with Gasteiger partial charge in [-0.1, -0.05) is 0 Å². The highest BCUT2D eigenvalue weighted by atomic mass is 19.4. The standard InChI is InChI=1S/C27H25F4N5O3/c1-14-9-19-23(18-7-6-17(10-20(18)28)27(29,30)31)32-26(33-24(19)25(38)35(14)4)36-11-15(2)39-21(13-36)16-5-8-22(37)34(3)12-16/h5-10,12,15,21H,11,13H2,1-4H3. The number of hydrogen-bond donors (Lipinski definition) is 0. The number of ether oxygens (including phenoxy) is 1. The number of alkyl halides is 3. The van der Waals surface area contributed by atoms with Crippen molar-refractivity contribution in [2.24, 2.45) is 14.1 Å². The summed E-state index contributed by atoms with van der Waals surface area (Å²) >= 11 is 0. The minimum absolute atomic E-state index is 0.0137. The monoisotopic (exact) mass is 543 g/mol. The van der Waals surface area contributed by atoms with Crippen LogP contribution in [0.4, 0.5) is 23.5 Å². The van der Waals surface area contributed by atoms with E-state index >= 15 is 4.39 Å². The van der Waals surface area contributed by atoms with Crippen LogP contribution in [0, 0.1) is 12.7 Å². The summed E-state index contributed by atoms with van der Waals surface area (Å²) in [6.45, 7) is 4.13. The van der Waals surface area contributed by atoms with E-state index in [0.717, 1.165) is 17.7 Å². The molecule has 1 fully saturated rings. The van der Waals surface area contributed by atoms with Crippen molar-refractivity contribution in [2.45, 2.75) is 32.2 Å². The van der Waals surface area contributed by atoms with E-state index in [-0.39, 0.29) is 46.3 Å². The molecule has 1 aliphatic heterocycles. The van der Waals surface area contributed by atoms with E-state index < -0.39 is 29.2 Å². The first-order valence-electron chi connectivity index (χ1n) is 12.2. The highest BCUT2D eigenvalue weighted by Gasteiger charge is 2.33. The van der Waals surface area contributed by atoms with Crippen LogP contribution in [0.15, 0.2) is 52.2 Å². The van der Waals surface area contributed by atoms with Gasteiger partial charge in [0, 0.05) is 49.5 Å². The lowest BCUT2D eigenvalue weighted by Gasteiger charge is -2.37.